The van der Waals surface area contributed by atoms with Crippen LogP contribution < -0.4 is 0 Å². The van der Waals surface area contributed by atoms with Crippen molar-refractivity contribution >= 4 is 5.57 Å². The number of aryl methyl sites for hydroxylation is 1. The van der Waals surface area contributed by atoms with Gasteiger partial charge in [0.2, 0.25) is 0 Å². The van der Waals surface area contributed by atoms with Crippen LogP contribution in [0.1, 0.15) is 23.3 Å². The summed E-state index contributed by atoms with van der Waals surface area (Å²) in [6.45, 7) is 5.33. The van der Waals surface area contributed by atoms with Crippen LogP contribution in [0.25, 0.3) is 5.57 Å². The summed E-state index contributed by atoms with van der Waals surface area (Å²) in [7, 11) is 0. The van der Waals surface area contributed by atoms with Crippen LogP contribution in [-0.4, -0.2) is 42.4 Å². The molecule has 1 aromatic heterocycles. The van der Waals surface area contributed by atoms with Crippen molar-refractivity contribution in [2.24, 2.45) is 0 Å². The average molecular weight is 327 g/mol. The molecular weight excluding hydrogens is 302 g/mol. The number of aliphatic hydroxyl groups is 1. The number of nitrogens with zero attached hydrogens (tertiary/aromatic N) is 1. The lowest BCUT2D eigenvalue weighted by molar-refractivity contribution is 0.00658. The van der Waals surface area contributed by atoms with Crippen LogP contribution in [0.4, 0.5) is 0 Å². The molecule has 0 fully saturated rings. The normalized spacial score (nSPS) is 16.8. The van der Waals surface area contributed by atoms with Gasteiger partial charge in [-0.05, 0) is 36.6 Å². The number of furan rings is 1. The Morgan fingerprint density at radius 3 is 2.92 bits per heavy atom. The highest BCUT2D eigenvalue weighted by atomic mass is 16.5. The topological polar surface area (TPSA) is 45.8 Å². The minimum absolute atomic E-state index is 0.325. The van der Waals surface area contributed by atoms with Crippen molar-refractivity contribution in [3.8, 4) is 0 Å². The molecule has 0 aliphatic carbocycles. The fourth-order valence-corrected chi connectivity index (χ4v) is 3.03. The molecule has 1 aliphatic heterocycles. The van der Waals surface area contributed by atoms with Gasteiger partial charge in [-0.1, -0.05) is 35.9 Å². The first-order valence-electron chi connectivity index (χ1n) is 8.47. The van der Waals surface area contributed by atoms with Crippen molar-refractivity contribution in [1.82, 2.24) is 4.90 Å². The van der Waals surface area contributed by atoms with Gasteiger partial charge >= 0.3 is 0 Å². The molecule has 4 nitrogen and oxygen atoms in total. The lowest BCUT2D eigenvalue weighted by Gasteiger charge is -2.28. The summed E-state index contributed by atoms with van der Waals surface area (Å²) >= 11 is 0. The van der Waals surface area contributed by atoms with E-state index in [-0.39, 0.29) is 0 Å². The smallest absolute Gasteiger partial charge is 0.129 e. The third-order valence-electron chi connectivity index (χ3n) is 4.29. The highest BCUT2D eigenvalue weighted by molar-refractivity contribution is 5.67. The molecule has 0 bridgehead atoms. The Kier molecular flexibility index (Phi) is 5.86. The highest BCUT2D eigenvalue weighted by Crippen LogP contribution is 2.23. The number of hydrogen-bond donors (Lipinski definition) is 1. The van der Waals surface area contributed by atoms with Crippen LogP contribution >= 0.6 is 0 Å². The third-order valence-corrected chi connectivity index (χ3v) is 4.29. The molecule has 24 heavy (non-hydrogen) atoms. The lowest BCUT2D eigenvalue weighted by Crippen LogP contribution is -2.37. The van der Waals surface area contributed by atoms with E-state index in [1.54, 1.807) is 6.26 Å². The van der Waals surface area contributed by atoms with Crippen LogP contribution in [-0.2, 0) is 11.3 Å². The Balaban J connectivity index is 1.42. The molecule has 2 heterocycles. The van der Waals surface area contributed by atoms with E-state index in [2.05, 4.69) is 42.2 Å². The van der Waals surface area contributed by atoms with E-state index < -0.39 is 6.10 Å². The zero-order valence-corrected chi connectivity index (χ0v) is 14.1. The number of β-amino-alcohol motifs (C(OH)–C–C–N with tert-alkyl or cyclic N) is 1. The minimum atomic E-state index is -0.478. The molecule has 4 heteroatoms. The second-order valence-electron chi connectivity index (χ2n) is 6.36. The molecule has 1 N–H and O–H groups in total. The molecule has 2 aromatic rings. The summed E-state index contributed by atoms with van der Waals surface area (Å²) in [5.41, 5.74) is 4.01. The number of benzene rings is 1. The first-order chi connectivity index (χ1) is 11.7. The number of rotatable bonds is 7. The van der Waals surface area contributed by atoms with Crippen LogP contribution in [0.3, 0.4) is 0 Å². The standard InChI is InChI=1S/C20H25NO3/c1-16-4-2-5-18(12-16)17-7-9-21(10-8-17)13-19(22)14-23-15-20-6-3-11-24-20/h2-7,11-12,19,22H,8-10,13-15H2,1H3. The Bertz CT molecular complexity index is 663. The number of ether oxygens (including phenoxy) is 1. The quantitative estimate of drug-likeness (QED) is 0.848. The Morgan fingerprint density at radius 2 is 2.21 bits per heavy atom. The third kappa shape index (κ3) is 4.81. The Morgan fingerprint density at radius 1 is 1.29 bits per heavy atom. The number of aliphatic hydroxyl groups excluding tert-OH is 1. The molecule has 128 valence electrons. The summed E-state index contributed by atoms with van der Waals surface area (Å²) in [6, 6.07) is 12.3. The zero-order valence-electron chi connectivity index (χ0n) is 14.1. The summed E-state index contributed by atoms with van der Waals surface area (Å²) in [6.07, 6.45) is 4.44. The maximum Gasteiger partial charge on any atom is 0.129 e. The second kappa shape index (κ2) is 8.29. The SMILES string of the molecule is Cc1cccc(C2=CCN(CC(O)COCc3ccco3)CC2)c1. The second-order valence-corrected chi connectivity index (χ2v) is 6.36. The predicted molar refractivity (Wildman–Crippen MR) is 94.6 cm³/mol. The van der Waals surface area contributed by atoms with Crippen molar-refractivity contribution in [1.29, 1.82) is 0 Å². The van der Waals surface area contributed by atoms with Crippen molar-refractivity contribution in [3.63, 3.8) is 0 Å². The van der Waals surface area contributed by atoms with E-state index in [1.165, 1.54) is 16.7 Å². The van der Waals surface area contributed by atoms with Gasteiger partial charge in [-0.2, -0.15) is 0 Å². The first kappa shape index (κ1) is 17.0. The van der Waals surface area contributed by atoms with E-state index >= 15 is 0 Å². The molecule has 1 unspecified atom stereocenters. The Labute approximate surface area is 143 Å². The van der Waals surface area contributed by atoms with Gasteiger partial charge in [0.15, 0.2) is 0 Å². The van der Waals surface area contributed by atoms with E-state index in [0.29, 0.717) is 19.8 Å². The lowest BCUT2D eigenvalue weighted by atomic mass is 9.98. The van der Waals surface area contributed by atoms with Crippen LogP contribution in [0.15, 0.2) is 53.2 Å². The molecule has 0 saturated carbocycles. The van der Waals surface area contributed by atoms with Crippen LogP contribution in [0, 0.1) is 6.92 Å². The molecule has 1 atom stereocenters. The van der Waals surface area contributed by atoms with Gasteiger partial charge in [-0.15, -0.1) is 0 Å². The monoisotopic (exact) mass is 327 g/mol. The van der Waals surface area contributed by atoms with E-state index in [1.807, 2.05) is 12.1 Å². The summed E-state index contributed by atoms with van der Waals surface area (Å²) < 4.78 is 10.7. The van der Waals surface area contributed by atoms with Crippen LogP contribution in [0.2, 0.25) is 0 Å². The van der Waals surface area contributed by atoms with Crippen molar-refractivity contribution < 1.29 is 14.3 Å². The Hall–Kier alpha value is -1.88. The maximum atomic E-state index is 10.1. The fraction of sp³-hybridized carbons (Fsp3) is 0.400. The molecular formula is C20H25NO3. The van der Waals surface area contributed by atoms with Gasteiger partial charge in [-0.3, -0.25) is 4.90 Å². The molecule has 1 aliphatic rings. The predicted octanol–water partition coefficient (Wildman–Crippen LogP) is 3.25. The van der Waals surface area contributed by atoms with Gasteiger partial charge in [-0.25, -0.2) is 0 Å². The molecule has 0 saturated heterocycles. The molecule has 1 aromatic carbocycles. The van der Waals surface area contributed by atoms with Gasteiger partial charge in [0.25, 0.3) is 0 Å². The molecule has 0 amide bonds. The average Bonchev–Trinajstić information content (AvgIpc) is 3.09. The van der Waals surface area contributed by atoms with Gasteiger partial charge in [0.1, 0.15) is 12.4 Å². The van der Waals surface area contributed by atoms with Gasteiger partial charge < -0.3 is 14.3 Å². The molecule has 3 rings (SSSR count). The highest BCUT2D eigenvalue weighted by Gasteiger charge is 2.16. The van der Waals surface area contributed by atoms with Gasteiger partial charge in [0, 0.05) is 19.6 Å². The number of hydrogen-bond acceptors (Lipinski definition) is 4. The summed E-state index contributed by atoms with van der Waals surface area (Å²) in [5, 5.41) is 10.1. The van der Waals surface area contributed by atoms with Crippen molar-refractivity contribution in [2.45, 2.75) is 26.1 Å². The van der Waals surface area contributed by atoms with Crippen molar-refractivity contribution in [3.05, 3.63) is 65.6 Å². The minimum Gasteiger partial charge on any atom is -0.467 e. The van der Waals surface area contributed by atoms with Crippen LogP contribution in [0.5, 0.6) is 0 Å². The fourth-order valence-electron chi connectivity index (χ4n) is 3.03. The van der Waals surface area contributed by atoms with E-state index in [0.717, 1.165) is 25.3 Å². The summed E-state index contributed by atoms with van der Waals surface area (Å²) in [5.74, 6) is 0.783. The van der Waals surface area contributed by atoms with Crippen molar-refractivity contribution in [2.75, 3.05) is 26.2 Å². The molecule has 0 spiro atoms. The zero-order chi connectivity index (χ0) is 16.8. The largest absolute Gasteiger partial charge is 0.467 e. The molecule has 0 radical (unpaired) electrons. The van der Waals surface area contributed by atoms with Gasteiger partial charge in [0.05, 0.1) is 19.0 Å². The van der Waals surface area contributed by atoms with E-state index in [4.69, 9.17) is 9.15 Å². The maximum absolute atomic E-state index is 10.1. The summed E-state index contributed by atoms with van der Waals surface area (Å²) in [4.78, 5) is 2.26. The van der Waals surface area contributed by atoms with E-state index in [9.17, 15) is 5.11 Å². The first-order valence-corrected chi connectivity index (χ1v) is 8.47.